The third-order valence-electron chi connectivity index (χ3n) is 2.28. The lowest BCUT2D eigenvalue weighted by Crippen LogP contribution is -2.09. The van der Waals surface area contributed by atoms with E-state index in [9.17, 15) is 4.79 Å². The summed E-state index contributed by atoms with van der Waals surface area (Å²) in [6.45, 7) is 0.949. The molecule has 0 heterocycles. The summed E-state index contributed by atoms with van der Waals surface area (Å²) in [6, 6.07) is 9.14. The van der Waals surface area contributed by atoms with Crippen LogP contribution in [0.25, 0.3) is 0 Å². The zero-order valence-electron chi connectivity index (χ0n) is 9.39. The number of ketones is 1. The van der Waals surface area contributed by atoms with E-state index < -0.39 is 0 Å². The maximum Gasteiger partial charge on any atom is 0.188 e. The molecule has 1 N–H and O–H groups in total. The summed E-state index contributed by atoms with van der Waals surface area (Å²) in [6.07, 6.45) is 2.63. The molecular weight excluding hydrogens is 204 g/mol. The molecule has 0 aromatic heterocycles. The number of carbonyl (C=O) groups is 1. The number of carbonyl (C=O) groups excluding carboxylic acids is 1. The van der Waals surface area contributed by atoms with Crippen molar-refractivity contribution in [1.82, 2.24) is 0 Å². The van der Waals surface area contributed by atoms with Gasteiger partial charge in [-0.2, -0.15) is 0 Å². The lowest BCUT2D eigenvalue weighted by atomic mass is 10.1. The Morgan fingerprint density at radius 1 is 1.12 bits per heavy atom. The maximum atomic E-state index is 11.6. The molecule has 0 radical (unpaired) electrons. The number of unbranched alkanes of at least 4 members (excludes halogenated alkanes) is 2. The van der Waals surface area contributed by atoms with Gasteiger partial charge in [0.1, 0.15) is 6.61 Å². The van der Waals surface area contributed by atoms with Gasteiger partial charge in [0.2, 0.25) is 0 Å². The molecule has 16 heavy (non-hydrogen) atoms. The summed E-state index contributed by atoms with van der Waals surface area (Å²) in [5.74, 6) is 0.0164. The highest BCUT2D eigenvalue weighted by Crippen LogP contribution is 2.01. The second-order valence-electron chi connectivity index (χ2n) is 3.63. The monoisotopic (exact) mass is 222 g/mol. The number of hydrogen-bond acceptors (Lipinski definition) is 3. The van der Waals surface area contributed by atoms with E-state index in [0.29, 0.717) is 12.2 Å². The van der Waals surface area contributed by atoms with Gasteiger partial charge in [0, 0.05) is 18.8 Å². The normalized spacial score (nSPS) is 10.3. The molecule has 0 aliphatic rings. The maximum absolute atomic E-state index is 11.6. The molecule has 0 amide bonds. The number of hydrogen-bond donors (Lipinski definition) is 1. The molecule has 0 fully saturated rings. The Hall–Kier alpha value is -1.19. The van der Waals surface area contributed by atoms with Crippen LogP contribution in [0.3, 0.4) is 0 Å². The van der Waals surface area contributed by atoms with Crippen LogP contribution in [-0.2, 0) is 4.74 Å². The molecule has 0 saturated carbocycles. The first-order chi connectivity index (χ1) is 7.84. The molecule has 0 unspecified atom stereocenters. The van der Waals surface area contributed by atoms with Crippen LogP contribution >= 0.6 is 0 Å². The van der Waals surface area contributed by atoms with Crippen LogP contribution in [0.1, 0.15) is 29.6 Å². The quantitative estimate of drug-likeness (QED) is 0.541. The highest BCUT2D eigenvalue weighted by Gasteiger charge is 2.03. The van der Waals surface area contributed by atoms with Crippen molar-refractivity contribution in [2.24, 2.45) is 0 Å². The fourth-order valence-electron chi connectivity index (χ4n) is 1.36. The molecule has 1 aromatic carbocycles. The minimum atomic E-state index is 0.0164. The Bertz CT molecular complexity index is 295. The third-order valence-corrected chi connectivity index (χ3v) is 2.28. The fraction of sp³-hybridized carbons (Fsp3) is 0.462. The molecule has 0 aliphatic carbocycles. The van der Waals surface area contributed by atoms with Crippen molar-refractivity contribution in [2.75, 3.05) is 19.8 Å². The van der Waals surface area contributed by atoms with Gasteiger partial charge in [-0.15, -0.1) is 0 Å². The van der Waals surface area contributed by atoms with Crippen molar-refractivity contribution >= 4 is 5.78 Å². The van der Waals surface area contributed by atoms with Gasteiger partial charge in [-0.1, -0.05) is 30.3 Å². The highest BCUT2D eigenvalue weighted by atomic mass is 16.5. The van der Waals surface area contributed by atoms with Crippen LogP contribution < -0.4 is 0 Å². The molecular formula is C13H18O3. The number of benzene rings is 1. The summed E-state index contributed by atoms with van der Waals surface area (Å²) < 4.78 is 5.27. The second kappa shape index (κ2) is 8.02. The van der Waals surface area contributed by atoms with E-state index in [1.54, 1.807) is 12.1 Å². The van der Waals surface area contributed by atoms with Gasteiger partial charge in [-0.05, 0) is 19.3 Å². The summed E-state index contributed by atoms with van der Waals surface area (Å²) in [7, 11) is 0. The smallest absolute Gasteiger partial charge is 0.188 e. The molecule has 1 rings (SSSR count). The van der Waals surface area contributed by atoms with E-state index in [4.69, 9.17) is 9.84 Å². The summed E-state index contributed by atoms with van der Waals surface area (Å²) >= 11 is 0. The molecule has 0 aliphatic heterocycles. The zero-order valence-corrected chi connectivity index (χ0v) is 9.39. The average Bonchev–Trinajstić information content (AvgIpc) is 2.34. The number of ether oxygens (including phenoxy) is 1. The van der Waals surface area contributed by atoms with E-state index in [-0.39, 0.29) is 19.0 Å². The van der Waals surface area contributed by atoms with E-state index in [2.05, 4.69) is 0 Å². The fourth-order valence-corrected chi connectivity index (χ4v) is 1.36. The summed E-state index contributed by atoms with van der Waals surface area (Å²) in [5, 5.41) is 8.56. The average molecular weight is 222 g/mol. The zero-order chi connectivity index (χ0) is 11.6. The topological polar surface area (TPSA) is 46.5 Å². The van der Waals surface area contributed by atoms with Gasteiger partial charge in [-0.3, -0.25) is 4.79 Å². The van der Waals surface area contributed by atoms with Crippen LogP contribution in [-0.4, -0.2) is 30.7 Å². The van der Waals surface area contributed by atoms with E-state index >= 15 is 0 Å². The summed E-state index contributed by atoms with van der Waals surface area (Å²) in [5.41, 5.74) is 0.692. The Labute approximate surface area is 96.1 Å². The summed E-state index contributed by atoms with van der Waals surface area (Å²) in [4.78, 5) is 11.6. The van der Waals surface area contributed by atoms with Crippen LogP contribution in [0.2, 0.25) is 0 Å². The van der Waals surface area contributed by atoms with Crippen LogP contribution in [0, 0.1) is 0 Å². The predicted molar refractivity (Wildman–Crippen MR) is 62.5 cm³/mol. The van der Waals surface area contributed by atoms with Crippen molar-refractivity contribution < 1.29 is 14.6 Å². The van der Waals surface area contributed by atoms with Crippen molar-refractivity contribution in [3.05, 3.63) is 35.9 Å². The Morgan fingerprint density at radius 3 is 2.56 bits per heavy atom. The Morgan fingerprint density at radius 2 is 1.88 bits per heavy atom. The van der Waals surface area contributed by atoms with Crippen molar-refractivity contribution in [3.63, 3.8) is 0 Å². The van der Waals surface area contributed by atoms with E-state index in [1.165, 1.54) is 0 Å². The molecule has 1 aromatic rings. The first-order valence-electron chi connectivity index (χ1n) is 5.61. The number of aliphatic hydroxyl groups is 1. The van der Waals surface area contributed by atoms with Crippen molar-refractivity contribution in [2.45, 2.75) is 19.3 Å². The minimum absolute atomic E-state index is 0.0164. The van der Waals surface area contributed by atoms with Gasteiger partial charge in [0.25, 0.3) is 0 Å². The molecule has 3 heteroatoms. The number of aliphatic hydroxyl groups excluding tert-OH is 1. The van der Waals surface area contributed by atoms with Crippen molar-refractivity contribution in [3.8, 4) is 0 Å². The SMILES string of the molecule is O=C(COCCCCCO)c1ccccc1. The van der Waals surface area contributed by atoms with Gasteiger partial charge < -0.3 is 9.84 Å². The van der Waals surface area contributed by atoms with Gasteiger partial charge in [0.05, 0.1) is 0 Å². The van der Waals surface area contributed by atoms with Gasteiger partial charge >= 0.3 is 0 Å². The molecule has 0 spiro atoms. The first kappa shape index (κ1) is 12.9. The largest absolute Gasteiger partial charge is 0.396 e. The van der Waals surface area contributed by atoms with Gasteiger partial charge in [-0.25, -0.2) is 0 Å². The molecule has 0 saturated heterocycles. The number of Topliss-reactive ketones (excluding diaryl/α,β-unsaturated/α-hetero) is 1. The molecule has 0 atom stereocenters. The predicted octanol–water partition coefficient (Wildman–Crippen LogP) is 2.05. The van der Waals surface area contributed by atoms with Crippen LogP contribution in [0.15, 0.2) is 30.3 Å². The van der Waals surface area contributed by atoms with Crippen molar-refractivity contribution in [1.29, 1.82) is 0 Å². The highest BCUT2D eigenvalue weighted by molar-refractivity contribution is 5.96. The third kappa shape index (κ3) is 5.05. The Kier molecular flexibility index (Phi) is 6.45. The van der Waals surface area contributed by atoms with E-state index in [1.807, 2.05) is 18.2 Å². The van der Waals surface area contributed by atoms with Gasteiger partial charge in [0.15, 0.2) is 5.78 Å². The molecule has 3 nitrogen and oxygen atoms in total. The van der Waals surface area contributed by atoms with Crippen LogP contribution in [0.4, 0.5) is 0 Å². The second-order valence-corrected chi connectivity index (χ2v) is 3.63. The number of rotatable bonds is 8. The Balaban J connectivity index is 2.12. The lowest BCUT2D eigenvalue weighted by molar-refractivity contribution is 0.0750. The first-order valence-corrected chi connectivity index (χ1v) is 5.61. The van der Waals surface area contributed by atoms with E-state index in [0.717, 1.165) is 19.3 Å². The molecule has 0 bridgehead atoms. The van der Waals surface area contributed by atoms with Crippen LogP contribution in [0.5, 0.6) is 0 Å². The lowest BCUT2D eigenvalue weighted by Gasteiger charge is -2.03. The minimum Gasteiger partial charge on any atom is -0.396 e. The molecule has 88 valence electrons. The standard InChI is InChI=1S/C13H18O3/c14-9-5-2-6-10-16-11-13(15)12-7-3-1-4-8-12/h1,3-4,7-8,14H,2,5-6,9-11H2.